The zero-order valence-corrected chi connectivity index (χ0v) is 20.3. The third kappa shape index (κ3) is 6.61. The van der Waals surface area contributed by atoms with Crippen LogP contribution in [0.25, 0.3) is 5.69 Å². The van der Waals surface area contributed by atoms with Gasteiger partial charge in [-0.25, -0.2) is 4.68 Å². The van der Waals surface area contributed by atoms with Crippen molar-refractivity contribution in [3.8, 4) is 35.4 Å². The molecule has 2 aromatic carbocycles. The summed E-state index contributed by atoms with van der Waals surface area (Å²) in [5.74, 6) is 4.49. The van der Waals surface area contributed by atoms with Gasteiger partial charge in [0, 0.05) is 19.1 Å². The molecule has 7 nitrogen and oxygen atoms in total. The molecule has 34 heavy (non-hydrogen) atoms. The molecule has 0 aliphatic rings. The minimum absolute atomic E-state index is 0.176. The number of aliphatic hydroxyl groups is 1. The maximum Gasteiger partial charge on any atom is 0.227 e. The zero-order chi connectivity index (χ0) is 24.5. The molecule has 0 amide bonds. The normalized spacial score (nSPS) is 12.1. The third-order valence-electron chi connectivity index (χ3n) is 5.44. The first-order chi connectivity index (χ1) is 16.4. The Labute approximate surface area is 201 Å². The summed E-state index contributed by atoms with van der Waals surface area (Å²) in [6.45, 7) is 7.51. The molecular weight excluding hydrogens is 430 g/mol. The number of rotatable bonds is 12. The minimum Gasteiger partial charge on any atom is -0.497 e. The average Bonchev–Trinajstić information content (AvgIpc) is 3.14. The fourth-order valence-corrected chi connectivity index (χ4v) is 3.56. The highest BCUT2D eigenvalue weighted by Crippen LogP contribution is 2.32. The summed E-state index contributed by atoms with van der Waals surface area (Å²) in [5, 5.41) is 15.3. The van der Waals surface area contributed by atoms with Crippen LogP contribution in [0.3, 0.4) is 0 Å². The number of hydrogen-bond donors (Lipinski definition) is 1. The smallest absolute Gasteiger partial charge is 0.227 e. The number of terminal acetylenes is 1. The molecule has 7 heteroatoms. The van der Waals surface area contributed by atoms with Gasteiger partial charge in [0.1, 0.15) is 18.1 Å². The van der Waals surface area contributed by atoms with E-state index in [-0.39, 0.29) is 19.3 Å². The van der Waals surface area contributed by atoms with E-state index in [2.05, 4.69) is 24.7 Å². The van der Waals surface area contributed by atoms with Crippen molar-refractivity contribution in [2.45, 2.75) is 39.5 Å². The van der Waals surface area contributed by atoms with Gasteiger partial charge in [-0.05, 0) is 57.2 Å². The molecule has 3 rings (SSSR count). The molecule has 0 fully saturated rings. The number of para-hydroxylation sites is 1. The van der Waals surface area contributed by atoms with E-state index in [1.165, 1.54) is 0 Å². The highest BCUT2D eigenvalue weighted by molar-refractivity contribution is 5.44. The second-order valence-corrected chi connectivity index (χ2v) is 8.29. The molecule has 0 spiro atoms. The molecular formula is C27H33N3O4. The summed E-state index contributed by atoms with van der Waals surface area (Å²) in [6, 6.07) is 17.5. The minimum atomic E-state index is -0.661. The SMILES string of the molecule is C#CCOCC(O)CN(Cc1c(C)nn(-c2ccccc2)c1Oc1ccc(OC)cc1)C(C)C. The standard InChI is InChI=1S/C27H33N3O4/c1-6-16-33-19-23(31)17-29(20(2)3)18-26-21(4)28-30(22-10-8-7-9-11-22)27(26)34-25-14-12-24(32-5)13-15-25/h1,7-15,20,23,31H,16-19H2,2-5H3. The number of benzene rings is 2. The molecule has 1 atom stereocenters. The van der Waals surface area contributed by atoms with Crippen molar-refractivity contribution in [1.29, 1.82) is 0 Å². The highest BCUT2D eigenvalue weighted by atomic mass is 16.5. The Balaban J connectivity index is 1.93. The van der Waals surface area contributed by atoms with E-state index in [9.17, 15) is 5.11 Å². The van der Waals surface area contributed by atoms with Gasteiger partial charge in [-0.1, -0.05) is 24.1 Å². The number of aryl methyl sites for hydroxylation is 1. The number of hydrogen-bond acceptors (Lipinski definition) is 6. The van der Waals surface area contributed by atoms with Gasteiger partial charge < -0.3 is 19.3 Å². The van der Waals surface area contributed by atoms with Crippen LogP contribution in [0.2, 0.25) is 0 Å². The Morgan fingerprint density at radius 3 is 2.38 bits per heavy atom. The first-order valence-electron chi connectivity index (χ1n) is 11.3. The maximum absolute atomic E-state index is 10.5. The third-order valence-corrected chi connectivity index (χ3v) is 5.44. The molecule has 1 N–H and O–H groups in total. The van der Waals surface area contributed by atoms with Crippen LogP contribution in [0, 0.1) is 19.3 Å². The van der Waals surface area contributed by atoms with Crippen molar-refractivity contribution in [3.05, 3.63) is 65.9 Å². The topological polar surface area (TPSA) is 69.0 Å². The Morgan fingerprint density at radius 1 is 1.09 bits per heavy atom. The summed E-state index contributed by atoms with van der Waals surface area (Å²) in [5.41, 5.74) is 2.71. The molecule has 0 bridgehead atoms. The van der Waals surface area contributed by atoms with Crippen molar-refractivity contribution in [2.75, 3.05) is 26.9 Å². The van der Waals surface area contributed by atoms with Gasteiger partial charge in [-0.2, -0.15) is 5.10 Å². The molecule has 1 aromatic heterocycles. The second kappa shape index (κ2) is 12.2. The quantitative estimate of drug-likeness (QED) is 0.321. The molecule has 0 saturated carbocycles. The van der Waals surface area contributed by atoms with E-state index >= 15 is 0 Å². The Bertz CT molecular complexity index is 1070. The van der Waals surface area contributed by atoms with Crippen LogP contribution in [0.4, 0.5) is 0 Å². The average molecular weight is 464 g/mol. The van der Waals surface area contributed by atoms with Crippen molar-refractivity contribution < 1.29 is 19.3 Å². The Morgan fingerprint density at radius 2 is 1.76 bits per heavy atom. The zero-order valence-electron chi connectivity index (χ0n) is 20.3. The van der Waals surface area contributed by atoms with Crippen LogP contribution in [-0.2, 0) is 11.3 Å². The maximum atomic E-state index is 10.5. The van der Waals surface area contributed by atoms with Gasteiger partial charge in [0.05, 0.1) is 36.8 Å². The molecule has 1 unspecified atom stereocenters. The molecule has 1 heterocycles. The van der Waals surface area contributed by atoms with Crippen LogP contribution in [-0.4, -0.2) is 58.8 Å². The molecule has 0 radical (unpaired) electrons. The van der Waals surface area contributed by atoms with Crippen molar-refractivity contribution in [2.24, 2.45) is 0 Å². The van der Waals surface area contributed by atoms with E-state index in [4.69, 9.17) is 25.7 Å². The monoisotopic (exact) mass is 463 g/mol. The fraction of sp³-hybridized carbons (Fsp3) is 0.370. The number of aliphatic hydroxyl groups excluding tert-OH is 1. The lowest BCUT2D eigenvalue weighted by Gasteiger charge is -2.28. The number of methoxy groups -OCH3 is 1. The predicted octanol–water partition coefficient (Wildman–Crippen LogP) is 4.20. The second-order valence-electron chi connectivity index (χ2n) is 8.29. The summed E-state index contributed by atoms with van der Waals surface area (Å²) in [4.78, 5) is 2.17. The van der Waals surface area contributed by atoms with Gasteiger partial charge >= 0.3 is 0 Å². The van der Waals surface area contributed by atoms with E-state index in [0.717, 1.165) is 22.7 Å². The first kappa shape index (κ1) is 25.3. The van der Waals surface area contributed by atoms with Crippen LogP contribution in [0.5, 0.6) is 17.4 Å². The van der Waals surface area contributed by atoms with Gasteiger partial charge in [-0.3, -0.25) is 4.90 Å². The lowest BCUT2D eigenvalue weighted by Crippen LogP contribution is -2.39. The number of aromatic nitrogens is 2. The summed E-state index contributed by atoms with van der Waals surface area (Å²) < 4.78 is 18.8. The highest BCUT2D eigenvalue weighted by Gasteiger charge is 2.24. The van der Waals surface area contributed by atoms with Gasteiger partial charge in [0.15, 0.2) is 0 Å². The molecule has 0 aliphatic heterocycles. The number of ether oxygens (including phenoxy) is 3. The van der Waals surface area contributed by atoms with E-state index in [1.54, 1.807) is 7.11 Å². The summed E-state index contributed by atoms with van der Waals surface area (Å²) in [7, 11) is 1.63. The molecule has 3 aromatic rings. The van der Waals surface area contributed by atoms with Crippen LogP contribution < -0.4 is 9.47 Å². The summed E-state index contributed by atoms with van der Waals surface area (Å²) >= 11 is 0. The van der Waals surface area contributed by atoms with Crippen LogP contribution in [0.15, 0.2) is 54.6 Å². The molecule has 0 saturated heterocycles. The van der Waals surface area contributed by atoms with Gasteiger partial charge in [0.2, 0.25) is 5.88 Å². The van der Waals surface area contributed by atoms with Crippen LogP contribution in [0.1, 0.15) is 25.1 Å². The molecule has 0 aliphatic carbocycles. The Hall–Kier alpha value is -3.31. The van der Waals surface area contributed by atoms with Crippen LogP contribution >= 0.6 is 0 Å². The van der Waals surface area contributed by atoms with Gasteiger partial charge in [-0.15, -0.1) is 6.42 Å². The van der Waals surface area contributed by atoms with Gasteiger partial charge in [0.25, 0.3) is 0 Å². The fourth-order valence-electron chi connectivity index (χ4n) is 3.56. The number of nitrogens with zero attached hydrogens (tertiary/aromatic N) is 3. The van der Waals surface area contributed by atoms with Crippen molar-refractivity contribution in [1.82, 2.24) is 14.7 Å². The first-order valence-corrected chi connectivity index (χ1v) is 11.3. The molecule has 180 valence electrons. The lowest BCUT2D eigenvalue weighted by molar-refractivity contribution is 0.0190. The Kier molecular flexibility index (Phi) is 9.11. The van der Waals surface area contributed by atoms with E-state index in [1.807, 2.05) is 66.2 Å². The summed E-state index contributed by atoms with van der Waals surface area (Å²) in [6.07, 6.45) is 4.57. The van der Waals surface area contributed by atoms with E-state index in [0.29, 0.717) is 24.7 Å². The largest absolute Gasteiger partial charge is 0.497 e. The van der Waals surface area contributed by atoms with Crippen molar-refractivity contribution >= 4 is 0 Å². The van der Waals surface area contributed by atoms with E-state index < -0.39 is 6.10 Å². The lowest BCUT2D eigenvalue weighted by atomic mass is 10.2. The predicted molar refractivity (Wildman–Crippen MR) is 133 cm³/mol. The van der Waals surface area contributed by atoms with Crippen molar-refractivity contribution in [3.63, 3.8) is 0 Å².